The van der Waals surface area contributed by atoms with Crippen molar-refractivity contribution in [2.24, 2.45) is 5.92 Å². The topological polar surface area (TPSA) is 44.8 Å². The number of para-hydroxylation sites is 1. The molecule has 2 heterocycles. The van der Waals surface area contributed by atoms with E-state index in [9.17, 15) is 4.79 Å². The summed E-state index contributed by atoms with van der Waals surface area (Å²) in [6.07, 6.45) is 2.09. The van der Waals surface area contributed by atoms with Gasteiger partial charge in [-0.3, -0.25) is 4.79 Å². The third-order valence-corrected chi connectivity index (χ3v) is 4.77. The number of carbonyl (C=O) groups is 1. The maximum absolute atomic E-state index is 12.6. The molecule has 0 saturated carbocycles. The van der Waals surface area contributed by atoms with Gasteiger partial charge >= 0.3 is 0 Å². The monoisotopic (exact) mass is 317 g/mol. The second-order valence-corrected chi connectivity index (χ2v) is 6.47. The highest BCUT2D eigenvalue weighted by molar-refractivity contribution is 5.79. The maximum Gasteiger partial charge on any atom is 0.227 e. The number of carbonyl (C=O) groups excluding carboxylic acids is 1. The fraction of sp³-hybridized carbons (Fsp3) is 0.611. The molecule has 5 heteroatoms. The van der Waals surface area contributed by atoms with Gasteiger partial charge in [0.05, 0.1) is 19.1 Å². The van der Waals surface area contributed by atoms with Crippen molar-refractivity contribution in [2.45, 2.75) is 19.4 Å². The Hall–Kier alpha value is -1.59. The zero-order chi connectivity index (χ0) is 16.1. The molecule has 0 bridgehead atoms. The fourth-order valence-electron chi connectivity index (χ4n) is 3.46. The first-order valence-corrected chi connectivity index (χ1v) is 8.62. The van der Waals surface area contributed by atoms with Crippen LogP contribution in [0.1, 0.15) is 18.4 Å². The molecular weight excluding hydrogens is 290 g/mol. The molecule has 1 atom stereocenters. The molecule has 0 radical (unpaired) electrons. The quantitative estimate of drug-likeness (QED) is 0.914. The molecule has 1 aromatic carbocycles. The Morgan fingerprint density at radius 3 is 2.87 bits per heavy atom. The van der Waals surface area contributed by atoms with Crippen LogP contribution in [0.3, 0.4) is 0 Å². The van der Waals surface area contributed by atoms with Crippen molar-refractivity contribution in [3.05, 3.63) is 29.8 Å². The summed E-state index contributed by atoms with van der Waals surface area (Å²) >= 11 is 0. The third kappa shape index (κ3) is 4.03. The lowest BCUT2D eigenvalue weighted by Gasteiger charge is -2.32. The number of anilines is 1. The van der Waals surface area contributed by atoms with Gasteiger partial charge < -0.3 is 19.9 Å². The number of benzene rings is 1. The van der Waals surface area contributed by atoms with Crippen LogP contribution in [0.4, 0.5) is 5.69 Å². The van der Waals surface area contributed by atoms with Crippen molar-refractivity contribution in [1.82, 2.24) is 10.2 Å². The van der Waals surface area contributed by atoms with Crippen molar-refractivity contribution in [1.29, 1.82) is 0 Å². The summed E-state index contributed by atoms with van der Waals surface area (Å²) in [5.74, 6) is 0.387. The summed E-state index contributed by atoms with van der Waals surface area (Å²) in [5, 5.41) is 3.33. The highest BCUT2D eigenvalue weighted by atomic mass is 16.5. The van der Waals surface area contributed by atoms with Crippen LogP contribution in [-0.4, -0.2) is 57.2 Å². The molecule has 0 unspecified atom stereocenters. The second-order valence-electron chi connectivity index (χ2n) is 6.47. The first-order chi connectivity index (χ1) is 11.3. The summed E-state index contributed by atoms with van der Waals surface area (Å²) in [6.45, 7) is 5.90. The zero-order valence-corrected chi connectivity index (χ0v) is 14.0. The van der Waals surface area contributed by atoms with Gasteiger partial charge in [-0.25, -0.2) is 0 Å². The van der Waals surface area contributed by atoms with Crippen LogP contribution >= 0.6 is 0 Å². The van der Waals surface area contributed by atoms with Crippen LogP contribution < -0.4 is 10.2 Å². The lowest BCUT2D eigenvalue weighted by atomic mass is 9.98. The number of nitrogens with zero attached hydrogens (tertiary/aromatic N) is 2. The van der Waals surface area contributed by atoms with E-state index in [0.29, 0.717) is 6.54 Å². The van der Waals surface area contributed by atoms with Crippen LogP contribution in [-0.2, 0) is 16.1 Å². The van der Waals surface area contributed by atoms with Crippen LogP contribution in [0.2, 0.25) is 0 Å². The lowest BCUT2D eigenvalue weighted by Crippen LogP contribution is -2.41. The van der Waals surface area contributed by atoms with Gasteiger partial charge in [-0.2, -0.15) is 0 Å². The van der Waals surface area contributed by atoms with E-state index >= 15 is 0 Å². The molecule has 0 aromatic heterocycles. The van der Waals surface area contributed by atoms with E-state index in [-0.39, 0.29) is 11.8 Å². The minimum absolute atomic E-state index is 0.129. The second kappa shape index (κ2) is 7.79. The number of nitrogens with one attached hydrogen (secondary N) is 1. The number of hydrogen-bond acceptors (Lipinski definition) is 4. The minimum atomic E-state index is 0.129. The largest absolute Gasteiger partial charge is 0.378 e. The average Bonchev–Trinajstić information content (AvgIpc) is 2.63. The van der Waals surface area contributed by atoms with Gasteiger partial charge in [-0.1, -0.05) is 18.2 Å². The molecular formula is C18H27N3O2. The standard InChI is InChI=1S/C18H27N3O2/c1-20(18(22)15-6-4-8-19-13-15)14-16-5-2-3-7-17(16)21-9-11-23-12-10-21/h2-3,5,7,15,19H,4,6,8-14H2,1H3/t15-/m0/s1. The highest BCUT2D eigenvalue weighted by Crippen LogP contribution is 2.23. The number of morpholine rings is 1. The van der Waals surface area contributed by atoms with E-state index in [4.69, 9.17) is 4.74 Å². The summed E-state index contributed by atoms with van der Waals surface area (Å²) in [7, 11) is 1.92. The average molecular weight is 317 g/mol. The first kappa shape index (κ1) is 16.3. The fourth-order valence-corrected chi connectivity index (χ4v) is 3.46. The minimum Gasteiger partial charge on any atom is -0.378 e. The Kier molecular flexibility index (Phi) is 5.51. The van der Waals surface area contributed by atoms with Gasteiger partial charge in [-0.05, 0) is 31.0 Å². The number of hydrogen-bond donors (Lipinski definition) is 1. The van der Waals surface area contributed by atoms with Gasteiger partial charge in [0.2, 0.25) is 5.91 Å². The molecule has 1 N–H and O–H groups in total. The molecule has 2 fully saturated rings. The van der Waals surface area contributed by atoms with E-state index in [1.807, 2.05) is 11.9 Å². The molecule has 2 aliphatic heterocycles. The van der Waals surface area contributed by atoms with Crippen molar-refractivity contribution in [2.75, 3.05) is 51.3 Å². The van der Waals surface area contributed by atoms with Gasteiger partial charge in [0.15, 0.2) is 0 Å². The number of amides is 1. The normalized spacial score (nSPS) is 22.0. The lowest BCUT2D eigenvalue weighted by molar-refractivity contribution is -0.135. The summed E-state index contributed by atoms with van der Waals surface area (Å²) in [6, 6.07) is 8.41. The molecule has 0 aliphatic carbocycles. The van der Waals surface area contributed by atoms with Crippen LogP contribution in [0, 0.1) is 5.92 Å². The van der Waals surface area contributed by atoms with E-state index in [1.54, 1.807) is 0 Å². The van der Waals surface area contributed by atoms with Crippen molar-refractivity contribution < 1.29 is 9.53 Å². The molecule has 0 spiro atoms. The van der Waals surface area contributed by atoms with Crippen LogP contribution in [0.25, 0.3) is 0 Å². The Morgan fingerprint density at radius 2 is 2.13 bits per heavy atom. The first-order valence-electron chi connectivity index (χ1n) is 8.62. The number of rotatable bonds is 4. The molecule has 1 amide bonds. The molecule has 5 nitrogen and oxygen atoms in total. The molecule has 23 heavy (non-hydrogen) atoms. The Morgan fingerprint density at radius 1 is 1.35 bits per heavy atom. The smallest absolute Gasteiger partial charge is 0.227 e. The van der Waals surface area contributed by atoms with Crippen LogP contribution in [0.15, 0.2) is 24.3 Å². The number of piperidine rings is 1. The predicted molar refractivity (Wildman–Crippen MR) is 91.5 cm³/mol. The van der Waals surface area contributed by atoms with E-state index in [0.717, 1.165) is 52.2 Å². The predicted octanol–water partition coefficient (Wildman–Crippen LogP) is 1.48. The molecule has 2 saturated heterocycles. The molecule has 126 valence electrons. The number of ether oxygens (including phenoxy) is 1. The molecule has 3 rings (SSSR count). The highest BCUT2D eigenvalue weighted by Gasteiger charge is 2.24. The van der Waals surface area contributed by atoms with Crippen molar-refractivity contribution >= 4 is 11.6 Å². The van der Waals surface area contributed by atoms with Crippen LogP contribution in [0.5, 0.6) is 0 Å². The van der Waals surface area contributed by atoms with E-state index < -0.39 is 0 Å². The SMILES string of the molecule is CN(Cc1ccccc1N1CCOCC1)C(=O)[C@H]1CCCNC1. The van der Waals surface area contributed by atoms with Gasteiger partial charge in [-0.15, -0.1) is 0 Å². The summed E-state index contributed by atoms with van der Waals surface area (Å²) in [4.78, 5) is 16.9. The Balaban J connectivity index is 1.67. The Labute approximate surface area is 138 Å². The Bertz CT molecular complexity index is 523. The van der Waals surface area contributed by atoms with Gasteiger partial charge in [0.25, 0.3) is 0 Å². The zero-order valence-electron chi connectivity index (χ0n) is 14.0. The molecule has 2 aliphatic rings. The van der Waals surface area contributed by atoms with Crippen molar-refractivity contribution in [3.8, 4) is 0 Å². The molecule has 1 aromatic rings. The maximum atomic E-state index is 12.6. The van der Waals surface area contributed by atoms with E-state index in [1.165, 1.54) is 11.3 Å². The van der Waals surface area contributed by atoms with E-state index in [2.05, 4.69) is 34.5 Å². The summed E-state index contributed by atoms with van der Waals surface area (Å²) in [5.41, 5.74) is 2.45. The van der Waals surface area contributed by atoms with Crippen molar-refractivity contribution in [3.63, 3.8) is 0 Å². The van der Waals surface area contributed by atoms with Gasteiger partial charge in [0.1, 0.15) is 0 Å². The van der Waals surface area contributed by atoms with Gasteiger partial charge in [0, 0.05) is 38.9 Å². The summed E-state index contributed by atoms with van der Waals surface area (Å²) < 4.78 is 5.45. The third-order valence-electron chi connectivity index (χ3n) is 4.77.